The highest BCUT2D eigenvalue weighted by Crippen LogP contribution is 2.42. The van der Waals surface area contributed by atoms with Crippen LogP contribution in [-0.4, -0.2) is 23.6 Å². The Kier molecular flexibility index (Phi) is 5.59. The number of ketones is 1. The van der Waals surface area contributed by atoms with Crippen LogP contribution in [0.15, 0.2) is 65.9 Å². The van der Waals surface area contributed by atoms with Gasteiger partial charge in [0.05, 0.1) is 11.6 Å². The predicted molar refractivity (Wildman–Crippen MR) is 104 cm³/mol. The van der Waals surface area contributed by atoms with E-state index in [1.807, 2.05) is 6.07 Å². The largest absolute Gasteiger partial charge is 0.427 e. The van der Waals surface area contributed by atoms with Crippen molar-refractivity contribution in [3.05, 3.63) is 71.5 Å². The molecule has 2 aromatic carbocycles. The topological polar surface area (TPSA) is 90.0 Å². The summed E-state index contributed by atoms with van der Waals surface area (Å²) in [5.74, 6) is -2.07. The van der Waals surface area contributed by atoms with Gasteiger partial charge in [-0.05, 0) is 36.8 Å². The Morgan fingerprint density at radius 1 is 0.828 bits per heavy atom. The summed E-state index contributed by atoms with van der Waals surface area (Å²) in [6.07, 6.45) is 0. The van der Waals surface area contributed by atoms with Gasteiger partial charge in [0.1, 0.15) is 5.75 Å². The highest BCUT2D eigenvalue weighted by atomic mass is 16.5. The van der Waals surface area contributed by atoms with Crippen molar-refractivity contribution in [2.75, 3.05) is 4.90 Å². The van der Waals surface area contributed by atoms with Crippen molar-refractivity contribution < 1.29 is 28.7 Å². The maximum atomic E-state index is 13.2. The molecule has 1 aliphatic heterocycles. The number of esters is 2. The number of carbonyl (C=O) groups is 4. The molecule has 0 saturated carbocycles. The number of anilines is 1. The summed E-state index contributed by atoms with van der Waals surface area (Å²) < 4.78 is 10.2. The standard InChI is InChI=1S/C22H19NO6/c1-13(24)19-20(16-7-5-4-6-8-16)23(22(27)21(19)29-15(3)26)17-9-11-18(12-10-17)28-14(2)25/h4-12,20H,1-3H3. The van der Waals surface area contributed by atoms with Crippen molar-refractivity contribution in [1.29, 1.82) is 0 Å². The Morgan fingerprint density at radius 3 is 1.93 bits per heavy atom. The molecule has 7 nitrogen and oxygen atoms in total. The lowest BCUT2D eigenvalue weighted by atomic mass is 9.96. The van der Waals surface area contributed by atoms with E-state index in [-0.39, 0.29) is 17.1 Å². The normalized spacial score (nSPS) is 16.0. The maximum Gasteiger partial charge on any atom is 0.308 e. The number of benzene rings is 2. The highest BCUT2D eigenvalue weighted by molar-refractivity contribution is 6.17. The molecule has 1 unspecified atom stereocenters. The zero-order valence-electron chi connectivity index (χ0n) is 16.2. The van der Waals surface area contributed by atoms with E-state index in [4.69, 9.17) is 9.47 Å². The van der Waals surface area contributed by atoms with Crippen molar-refractivity contribution in [2.24, 2.45) is 0 Å². The van der Waals surface area contributed by atoms with E-state index < -0.39 is 23.9 Å². The number of ether oxygens (including phenoxy) is 2. The van der Waals surface area contributed by atoms with Crippen LogP contribution in [0.1, 0.15) is 32.4 Å². The average molecular weight is 393 g/mol. The lowest BCUT2D eigenvalue weighted by molar-refractivity contribution is -0.140. The van der Waals surface area contributed by atoms with Gasteiger partial charge in [-0.15, -0.1) is 0 Å². The summed E-state index contributed by atoms with van der Waals surface area (Å²) in [7, 11) is 0. The highest BCUT2D eigenvalue weighted by Gasteiger charge is 2.44. The Labute approximate surface area is 167 Å². The van der Waals surface area contributed by atoms with Crippen molar-refractivity contribution in [2.45, 2.75) is 26.8 Å². The van der Waals surface area contributed by atoms with Gasteiger partial charge in [-0.3, -0.25) is 24.1 Å². The van der Waals surface area contributed by atoms with Gasteiger partial charge < -0.3 is 9.47 Å². The minimum Gasteiger partial charge on any atom is -0.427 e. The summed E-state index contributed by atoms with van der Waals surface area (Å²) in [6.45, 7) is 3.79. The molecule has 0 N–H and O–H groups in total. The lowest BCUT2D eigenvalue weighted by Crippen LogP contribution is -2.31. The van der Waals surface area contributed by atoms with Gasteiger partial charge in [0, 0.05) is 19.5 Å². The first-order chi connectivity index (χ1) is 13.8. The van der Waals surface area contributed by atoms with Gasteiger partial charge in [-0.1, -0.05) is 30.3 Å². The van der Waals surface area contributed by atoms with E-state index in [1.54, 1.807) is 48.5 Å². The summed E-state index contributed by atoms with van der Waals surface area (Å²) >= 11 is 0. The average Bonchev–Trinajstić information content (AvgIpc) is 2.95. The van der Waals surface area contributed by atoms with Crippen LogP contribution in [0.25, 0.3) is 0 Å². The third-order valence-electron chi connectivity index (χ3n) is 4.31. The first-order valence-corrected chi connectivity index (χ1v) is 8.90. The Hall–Kier alpha value is -3.74. The van der Waals surface area contributed by atoms with Crippen LogP contribution in [0.5, 0.6) is 5.75 Å². The number of Topliss-reactive ketones (excluding diaryl/α,β-unsaturated/α-hetero) is 1. The maximum absolute atomic E-state index is 13.2. The molecule has 1 amide bonds. The second-order valence-corrected chi connectivity index (χ2v) is 6.47. The number of amides is 1. The van der Waals surface area contributed by atoms with E-state index in [0.29, 0.717) is 17.0 Å². The molecular weight excluding hydrogens is 374 g/mol. The number of nitrogens with zero attached hydrogens (tertiary/aromatic N) is 1. The Morgan fingerprint density at radius 2 is 1.41 bits per heavy atom. The van der Waals surface area contributed by atoms with Gasteiger partial charge in [0.25, 0.3) is 5.91 Å². The van der Waals surface area contributed by atoms with Crippen LogP contribution in [0.3, 0.4) is 0 Å². The molecule has 0 aromatic heterocycles. The van der Waals surface area contributed by atoms with Crippen LogP contribution in [0, 0.1) is 0 Å². The van der Waals surface area contributed by atoms with Gasteiger partial charge in [-0.2, -0.15) is 0 Å². The first-order valence-electron chi connectivity index (χ1n) is 8.90. The summed E-state index contributed by atoms with van der Waals surface area (Å²) in [5.41, 5.74) is 1.26. The zero-order valence-corrected chi connectivity index (χ0v) is 16.2. The Bertz CT molecular complexity index is 1010. The molecule has 2 aromatic rings. The molecule has 7 heteroatoms. The lowest BCUT2D eigenvalue weighted by Gasteiger charge is -2.26. The molecule has 0 bridgehead atoms. The molecule has 29 heavy (non-hydrogen) atoms. The third-order valence-corrected chi connectivity index (χ3v) is 4.31. The quantitative estimate of drug-likeness (QED) is 0.573. The fourth-order valence-corrected chi connectivity index (χ4v) is 3.25. The van der Waals surface area contributed by atoms with E-state index in [2.05, 4.69) is 0 Å². The molecule has 1 atom stereocenters. The fraction of sp³-hybridized carbons (Fsp3) is 0.182. The predicted octanol–water partition coefficient (Wildman–Crippen LogP) is 3.11. The zero-order chi connectivity index (χ0) is 21.1. The van der Waals surface area contributed by atoms with Crippen molar-refractivity contribution >= 4 is 29.3 Å². The molecule has 1 heterocycles. The molecule has 0 aliphatic carbocycles. The molecule has 0 fully saturated rings. The number of carbonyl (C=O) groups excluding carboxylic acids is 4. The van der Waals surface area contributed by atoms with Crippen LogP contribution in [0.4, 0.5) is 5.69 Å². The SMILES string of the molecule is CC(=O)OC1=C(C(C)=O)C(c2ccccc2)N(c2ccc(OC(C)=O)cc2)C1=O. The second-order valence-electron chi connectivity index (χ2n) is 6.47. The second kappa shape index (κ2) is 8.10. The van der Waals surface area contributed by atoms with Gasteiger partial charge in [0.15, 0.2) is 5.78 Å². The number of hydrogen-bond donors (Lipinski definition) is 0. The molecule has 3 rings (SSSR count). The molecule has 0 saturated heterocycles. The summed E-state index contributed by atoms with van der Waals surface area (Å²) in [6, 6.07) is 14.5. The summed E-state index contributed by atoms with van der Waals surface area (Å²) in [5, 5.41) is 0. The molecule has 0 spiro atoms. The minimum atomic E-state index is -0.755. The molecule has 0 radical (unpaired) electrons. The van der Waals surface area contributed by atoms with E-state index >= 15 is 0 Å². The van der Waals surface area contributed by atoms with Crippen molar-refractivity contribution in [3.63, 3.8) is 0 Å². The number of rotatable bonds is 5. The van der Waals surface area contributed by atoms with Crippen LogP contribution < -0.4 is 9.64 Å². The van der Waals surface area contributed by atoms with Crippen molar-refractivity contribution in [3.8, 4) is 5.75 Å². The minimum absolute atomic E-state index is 0.112. The van der Waals surface area contributed by atoms with E-state index in [0.717, 1.165) is 0 Å². The van der Waals surface area contributed by atoms with Gasteiger partial charge in [-0.25, -0.2) is 0 Å². The molecular formula is C22H19NO6. The fourth-order valence-electron chi connectivity index (χ4n) is 3.25. The van der Waals surface area contributed by atoms with Crippen molar-refractivity contribution in [1.82, 2.24) is 0 Å². The Balaban J connectivity index is 2.12. The summed E-state index contributed by atoms with van der Waals surface area (Å²) in [4.78, 5) is 49.7. The van der Waals surface area contributed by atoms with Gasteiger partial charge >= 0.3 is 11.9 Å². The van der Waals surface area contributed by atoms with E-state index in [9.17, 15) is 19.2 Å². The van der Waals surface area contributed by atoms with Crippen LogP contribution >= 0.6 is 0 Å². The number of hydrogen-bond acceptors (Lipinski definition) is 6. The molecule has 1 aliphatic rings. The van der Waals surface area contributed by atoms with Crippen LogP contribution in [0.2, 0.25) is 0 Å². The first kappa shape index (κ1) is 20.0. The third kappa shape index (κ3) is 4.08. The smallest absolute Gasteiger partial charge is 0.308 e. The monoisotopic (exact) mass is 393 g/mol. The van der Waals surface area contributed by atoms with E-state index in [1.165, 1.54) is 25.7 Å². The molecule has 148 valence electrons. The van der Waals surface area contributed by atoms with Crippen LogP contribution in [-0.2, 0) is 23.9 Å². The van der Waals surface area contributed by atoms with Gasteiger partial charge in [0.2, 0.25) is 5.76 Å².